The van der Waals surface area contributed by atoms with Crippen molar-refractivity contribution in [3.8, 4) is 5.75 Å². The zero-order valence-electron chi connectivity index (χ0n) is 9.93. The minimum Gasteiger partial charge on any atom is -0.469 e. The number of carbonyl (C=O) groups excluding carboxylic acids is 1. The van der Waals surface area contributed by atoms with Crippen molar-refractivity contribution in [1.82, 2.24) is 0 Å². The number of hydrogen-bond donors (Lipinski definition) is 0. The van der Waals surface area contributed by atoms with Crippen LogP contribution in [0, 0.1) is 0 Å². The second kappa shape index (κ2) is 5.59. The largest absolute Gasteiger partial charge is 0.573 e. The van der Waals surface area contributed by atoms with Crippen LogP contribution in [0.1, 0.15) is 11.1 Å². The quantitative estimate of drug-likeness (QED) is 0.635. The van der Waals surface area contributed by atoms with Gasteiger partial charge >= 0.3 is 18.5 Å². The first-order valence-electron chi connectivity index (χ1n) is 5.06. The molecule has 0 N–H and O–H groups in total. The molecule has 0 aliphatic rings. The number of rotatable bonds is 3. The molecule has 0 saturated carbocycles. The first-order valence-corrected chi connectivity index (χ1v) is 5.06. The van der Waals surface area contributed by atoms with E-state index in [2.05, 4.69) is 9.47 Å². The summed E-state index contributed by atoms with van der Waals surface area (Å²) in [5.41, 5.74) is -2.18. The van der Waals surface area contributed by atoms with Crippen LogP contribution in [-0.2, 0) is 22.1 Å². The van der Waals surface area contributed by atoms with Gasteiger partial charge in [0.05, 0.1) is 19.1 Å². The van der Waals surface area contributed by atoms with E-state index in [9.17, 15) is 31.1 Å². The molecule has 112 valence electrons. The number of methoxy groups -OCH3 is 1. The standard InChI is InChI=1S/C11H8F6O3/c1-19-8(18)5-6-3-2-4-7(10(12,13)14)9(6)20-11(15,16)17/h2-4H,5H2,1H3. The van der Waals surface area contributed by atoms with Gasteiger partial charge in [-0.05, 0) is 6.07 Å². The summed E-state index contributed by atoms with van der Waals surface area (Å²) in [6, 6.07) is 2.24. The van der Waals surface area contributed by atoms with Crippen molar-refractivity contribution in [2.75, 3.05) is 7.11 Å². The van der Waals surface area contributed by atoms with Crippen LogP contribution in [0.4, 0.5) is 26.3 Å². The number of carbonyl (C=O) groups is 1. The number of para-hydroxylation sites is 1. The second-order valence-electron chi connectivity index (χ2n) is 3.59. The van der Waals surface area contributed by atoms with E-state index < -0.39 is 41.8 Å². The molecule has 0 fully saturated rings. The Labute approximate surface area is 109 Å². The van der Waals surface area contributed by atoms with E-state index in [1.807, 2.05) is 0 Å². The zero-order valence-corrected chi connectivity index (χ0v) is 9.93. The van der Waals surface area contributed by atoms with Crippen LogP contribution in [-0.4, -0.2) is 19.4 Å². The molecule has 9 heteroatoms. The maximum atomic E-state index is 12.7. The van der Waals surface area contributed by atoms with Gasteiger partial charge in [-0.25, -0.2) is 0 Å². The molecule has 0 aliphatic carbocycles. The molecule has 0 aliphatic heterocycles. The molecule has 0 aromatic heterocycles. The number of benzene rings is 1. The van der Waals surface area contributed by atoms with Crippen molar-refractivity contribution >= 4 is 5.97 Å². The van der Waals surface area contributed by atoms with Crippen LogP contribution >= 0.6 is 0 Å². The highest BCUT2D eigenvalue weighted by atomic mass is 19.4. The molecule has 0 spiro atoms. The van der Waals surface area contributed by atoms with Gasteiger partial charge in [-0.1, -0.05) is 12.1 Å². The fraction of sp³-hybridized carbons (Fsp3) is 0.364. The molecule has 0 saturated heterocycles. The molecule has 1 aromatic rings. The Morgan fingerprint density at radius 2 is 1.75 bits per heavy atom. The molecule has 1 aromatic carbocycles. The Kier molecular flexibility index (Phi) is 4.51. The van der Waals surface area contributed by atoms with Crippen LogP contribution in [0.25, 0.3) is 0 Å². The van der Waals surface area contributed by atoms with Gasteiger partial charge in [-0.3, -0.25) is 4.79 Å². The lowest BCUT2D eigenvalue weighted by atomic mass is 10.1. The van der Waals surface area contributed by atoms with Gasteiger partial charge in [0.1, 0.15) is 5.75 Å². The van der Waals surface area contributed by atoms with Gasteiger partial charge in [0, 0.05) is 5.56 Å². The molecule has 20 heavy (non-hydrogen) atoms. The normalized spacial score (nSPS) is 12.2. The third-order valence-corrected chi connectivity index (χ3v) is 2.18. The van der Waals surface area contributed by atoms with Gasteiger partial charge in [-0.2, -0.15) is 13.2 Å². The topological polar surface area (TPSA) is 35.5 Å². The average molecular weight is 302 g/mol. The molecule has 0 atom stereocenters. The Bertz CT molecular complexity index is 492. The van der Waals surface area contributed by atoms with Crippen LogP contribution in [0.3, 0.4) is 0 Å². The number of ether oxygens (including phenoxy) is 2. The number of esters is 1. The lowest BCUT2D eigenvalue weighted by Crippen LogP contribution is -2.22. The Morgan fingerprint density at radius 1 is 1.15 bits per heavy atom. The lowest BCUT2D eigenvalue weighted by molar-refractivity contribution is -0.276. The average Bonchev–Trinajstić information content (AvgIpc) is 2.27. The molecule has 0 unspecified atom stereocenters. The van der Waals surface area contributed by atoms with Gasteiger partial charge in [0.2, 0.25) is 0 Å². The van der Waals surface area contributed by atoms with Crippen molar-refractivity contribution in [3.05, 3.63) is 29.3 Å². The lowest BCUT2D eigenvalue weighted by Gasteiger charge is -2.18. The van der Waals surface area contributed by atoms with Crippen molar-refractivity contribution < 1.29 is 40.6 Å². The second-order valence-corrected chi connectivity index (χ2v) is 3.59. The van der Waals surface area contributed by atoms with Gasteiger partial charge < -0.3 is 9.47 Å². The number of halogens is 6. The van der Waals surface area contributed by atoms with Crippen molar-refractivity contribution in [3.63, 3.8) is 0 Å². The van der Waals surface area contributed by atoms with Gasteiger partial charge in [0.15, 0.2) is 0 Å². The molecule has 0 radical (unpaired) electrons. The summed E-state index contributed by atoms with van der Waals surface area (Å²) in [4.78, 5) is 11.0. The summed E-state index contributed by atoms with van der Waals surface area (Å²) in [5.74, 6) is -2.44. The highest BCUT2D eigenvalue weighted by molar-refractivity contribution is 5.73. The minimum atomic E-state index is -5.31. The van der Waals surface area contributed by atoms with E-state index in [4.69, 9.17) is 0 Å². The van der Waals surface area contributed by atoms with Gasteiger partial charge in [0.25, 0.3) is 0 Å². The van der Waals surface area contributed by atoms with Crippen LogP contribution in [0.2, 0.25) is 0 Å². The van der Waals surface area contributed by atoms with Crippen LogP contribution in [0.15, 0.2) is 18.2 Å². The van der Waals surface area contributed by atoms with E-state index in [1.165, 1.54) is 0 Å². The van der Waals surface area contributed by atoms with E-state index in [-0.39, 0.29) is 0 Å². The monoisotopic (exact) mass is 302 g/mol. The predicted molar refractivity (Wildman–Crippen MR) is 53.8 cm³/mol. The van der Waals surface area contributed by atoms with Gasteiger partial charge in [-0.15, -0.1) is 13.2 Å². The van der Waals surface area contributed by atoms with E-state index in [1.54, 1.807) is 0 Å². The number of hydrogen-bond acceptors (Lipinski definition) is 3. The van der Waals surface area contributed by atoms with Crippen molar-refractivity contribution in [1.29, 1.82) is 0 Å². The molecular weight excluding hydrogens is 294 g/mol. The van der Waals surface area contributed by atoms with E-state index in [0.717, 1.165) is 19.2 Å². The van der Waals surface area contributed by atoms with Crippen LogP contribution < -0.4 is 4.74 Å². The highest BCUT2D eigenvalue weighted by Gasteiger charge is 2.40. The maximum absolute atomic E-state index is 12.7. The summed E-state index contributed by atoms with van der Waals surface area (Å²) >= 11 is 0. The molecule has 0 heterocycles. The third-order valence-electron chi connectivity index (χ3n) is 2.18. The highest BCUT2D eigenvalue weighted by Crippen LogP contribution is 2.40. The minimum absolute atomic E-state index is 0.432. The summed E-state index contributed by atoms with van der Waals surface area (Å²) in [5, 5.41) is 0. The molecular formula is C11H8F6O3. The van der Waals surface area contributed by atoms with E-state index in [0.29, 0.717) is 6.07 Å². The summed E-state index contributed by atoms with van der Waals surface area (Å²) in [7, 11) is 0.959. The van der Waals surface area contributed by atoms with Crippen molar-refractivity contribution in [2.24, 2.45) is 0 Å². The third kappa shape index (κ3) is 4.32. The first-order chi connectivity index (χ1) is 9.04. The fourth-order valence-corrected chi connectivity index (χ4v) is 1.41. The zero-order chi connectivity index (χ0) is 15.6. The summed E-state index contributed by atoms with van der Waals surface area (Å²) in [6.45, 7) is 0. The Balaban J connectivity index is 3.33. The number of alkyl halides is 6. The SMILES string of the molecule is COC(=O)Cc1cccc(C(F)(F)F)c1OC(F)(F)F. The smallest absolute Gasteiger partial charge is 0.469 e. The Hall–Kier alpha value is -1.93. The predicted octanol–water partition coefficient (Wildman–Crippen LogP) is 3.32. The van der Waals surface area contributed by atoms with E-state index >= 15 is 0 Å². The fourth-order valence-electron chi connectivity index (χ4n) is 1.41. The maximum Gasteiger partial charge on any atom is 0.573 e. The van der Waals surface area contributed by atoms with Crippen molar-refractivity contribution in [2.45, 2.75) is 19.0 Å². The molecule has 1 rings (SSSR count). The molecule has 3 nitrogen and oxygen atoms in total. The summed E-state index contributed by atoms with van der Waals surface area (Å²) in [6.07, 6.45) is -11.1. The molecule has 0 amide bonds. The van der Waals surface area contributed by atoms with Crippen LogP contribution in [0.5, 0.6) is 5.75 Å². The Morgan fingerprint density at radius 3 is 2.20 bits per heavy atom. The first kappa shape index (κ1) is 16.1. The summed E-state index contributed by atoms with van der Waals surface area (Å²) < 4.78 is 82.2. The molecule has 0 bridgehead atoms.